The average Bonchev–Trinajstić information content (AvgIpc) is 2.30. The van der Waals surface area contributed by atoms with Crippen molar-refractivity contribution in [2.75, 3.05) is 0 Å². The van der Waals surface area contributed by atoms with Crippen LogP contribution in [-0.2, 0) is 0 Å². The van der Waals surface area contributed by atoms with Gasteiger partial charge in [0.05, 0.1) is 20.6 Å². The molecule has 1 aromatic rings. The van der Waals surface area contributed by atoms with Crippen LogP contribution in [0.2, 0.25) is 0 Å². The topological polar surface area (TPSA) is 110 Å². The highest BCUT2D eigenvalue weighted by molar-refractivity contribution is 6.35. The average molecular weight is 216 g/mol. The Morgan fingerprint density at radius 3 is 1.44 bits per heavy atom. The lowest BCUT2D eigenvalue weighted by molar-refractivity contribution is -0.111. The van der Waals surface area contributed by atoms with Crippen molar-refractivity contribution in [1.29, 1.82) is 11.1 Å². The van der Waals surface area contributed by atoms with Crippen molar-refractivity contribution in [3.8, 4) is 0 Å². The van der Waals surface area contributed by atoms with Crippen molar-refractivity contribution >= 4 is 24.0 Å². The third-order valence-electron chi connectivity index (χ3n) is 1.82. The number of nitrogens with zero attached hydrogens (tertiary/aromatic N) is 2. The summed E-state index contributed by atoms with van der Waals surface area (Å²) in [4.78, 5) is 28.2. The summed E-state index contributed by atoms with van der Waals surface area (Å²) < 4.78 is 0. The van der Waals surface area contributed by atoms with E-state index in [1.54, 1.807) is 0 Å². The second-order valence-electron chi connectivity index (χ2n) is 2.82. The summed E-state index contributed by atoms with van der Waals surface area (Å²) in [5.74, 6) is -0.800. The second-order valence-corrected chi connectivity index (χ2v) is 2.82. The molecule has 0 spiro atoms. The van der Waals surface area contributed by atoms with Crippen LogP contribution in [-0.4, -0.2) is 33.6 Å². The van der Waals surface area contributed by atoms with E-state index >= 15 is 0 Å². The Balaban J connectivity index is 2.99. The Morgan fingerprint density at radius 1 is 0.875 bits per heavy atom. The first-order valence-corrected chi connectivity index (χ1v) is 4.27. The van der Waals surface area contributed by atoms with E-state index in [4.69, 9.17) is 11.1 Å². The van der Waals surface area contributed by atoms with E-state index in [1.807, 2.05) is 0 Å². The summed E-state index contributed by atoms with van der Waals surface area (Å²) in [6.07, 6.45) is 1.75. The molecule has 78 valence electrons. The minimum absolute atomic E-state index is 0.343. The molecule has 0 unspecified atom stereocenters. The van der Waals surface area contributed by atoms with Crippen molar-refractivity contribution in [2.45, 2.75) is 0 Å². The van der Waals surface area contributed by atoms with Crippen molar-refractivity contribution in [3.63, 3.8) is 0 Å². The van der Waals surface area contributed by atoms with Crippen molar-refractivity contribution < 1.29 is 19.2 Å². The van der Waals surface area contributed by atoms with Gasteiger partial charge in [-0.3, -0.25) is 9.59 Å². The number of nitrogens with one attached hydrogen (secondary N) is 2. The number of carbonyl (C=O) groups excluding carboxylic acids is 2. The molecule has 0 saturated heterocycles. The van der Waals surface area contributed by atoms with Crippen molar-refractivity contribution in [1.82, 2.24) is 0 Å². The van der Waals surface area contributed by atoms with Crippen LogP contribution in [0.1, 0.15) is 20.7 Å². The van der Waals surface area contributed by atoms with Gasteiger partial charge < -0.3 is 0 Å². The van der Waals surface area contributed by atoms with Gasteiger partial charge in [-0.1, -0.05) is 24.3 Å². The number of ketones is 2. The van der Waals surface area contributed by atoms with Crippen LogP contribution in [0.25, 0.3) is 0 Å². The molecule has 0 heterocycles. The van der Waals surface area contributed by atoms with Gasteiger partial charge in [-0.05, 0) is 0 Å². The van der Waals surface area contributed by atoms with E-state index in [1.165, 1.54) is 24.3 Å². The zero-order valence-electron chi connectivity index (χ0n) is 8.18. The summed E-state index contributed by atoms with van der Waals surface area (Å²) in [5, 5.41) is 0. The summed E-state index contributed by atoms with van der Waals surface area (Å²) in [5.41, 5.74) is 13.7. The Hall–Kier alpha value is -2.68. The van der Waals surface area contributed by atoms with Crippen LogP contribution in [0, 0.1) is 11.1 Å². The SMILES string of the molecule is N=[N+]=CC(=O)c1ccc(C(=O)C=[N+]=N)cc1. The van der Waals surface area contributed by atoms with E-state index in [-0.39, 0.29) is 0 Å². The van der Waals surface area contributed by atoms with Crippen LogP contribution < -0.4 is 0 Å². The third-order valence-corrected chi connectivity index (χ3v) is 1.82. The van der Waals surface area contributed by atoms with Crippen molar-refractivity contribution in [3.05, 3.63) is 35.4 Å². The van der Waals surface area contributed by atoms with E-state index in [0.29, 0.717) is 11.1 Å². The fourth-order valence-electron chi connectivity index (χ4n) is 1.07. The number of hydrogen-bond acceptors (Lipinski definition) is 4. The van der Waals surface area contributed by atoms with E-state index < -0.39 is 11.6 Å². The molecule has 0 saturated carbocycles. The maximum Gasteiger partial charge on any atom is 0.377 e. The van der Waals surface area contributed by atoms with E-state index in [9.17, 15) is 9.59 Å². The highest BCUT2D eigenvalue weighted by Crippen LogP contribution is 2.04. The summed E-state index contributed by atoms with van der Waals surface area (Å²) >= 11 is 0. The van der Waals surface area contributed by atoms with Gasteiger partial charge in [0, 0.05) is 11.1 Å². The van der Waals surface area contributed by atoms with Crippen LogP contribution in [0.15, 0.2) is 24.3 Å². The molecule has 0 aliphatic carbocycles. The monoisotopic (exact) mass is 216 g/mol. The molecule has 6 heteroatoms. The van der Waals surface area contributed by atoms with E-state index in [0.717, 1.165) is 12.4 Å². The maximum absolute atomic E-state index is 11.2. The molecule has 0 bridgehead atoms. The van der Waals surface area contributed by atoms with Gasteiger partial charge in [0.15, 0.2) is 0 Å². The fraction of sp³-hybridized carbons (Fsp3) is 0. The third kappa shape index (κ3) is 2.65. The van der Waals surface area contributed by atoms with E-state index in [2.05, 4.69) is 9.58 Å². The molecule has 0 aromatic heterocycles. The number of carbonyl (C=O) groups is 2. The van der Waals surface area contributed by atoms with Crippen molar-refractivity contribution in [2.24, 2.45) is 0 Å². The molecule has 1 rings (SSSR count). The summed E-state index contributed by atoms with van der Waals surface area (Å²) in [6.45, 7) is 0. The molecular formula is C10H8N4O2+2. The van der Waals surface area contributed by atoms with Gasteiger partial charge >= 0.3 is 12.4 Å². The number of hydrogen-bond donors (Lipinski definition) is 2. The standard InChI is InChI=1S/C10H8N4O2/c11-13-5-9(15)7-1-2-8(4-3-7)10(16)6-14-12/h1-6,11-12H/q+2. The van der Waals surface area contributed by atoms with Crippen LogP contribution in [0.3, 0.4) is 0 Å². The van der Waals surface area contributed by atoms with Gasteiger partial charge in [0.1, 0.15) is 0 Å². The fourth-order valence-corrected chi connectivity index (χ4v) is 1.07. The largest absolute Gasteiger partial charge is 0.377 e. The zero-order chi connectivity index (χ0) is 12.0. The molecular weight excluding hydrogens is 208 g/mol. The van der Waals surface area contributed by atoms with Gasteiger partial charge in [0.2, 0.25) is 0 Å². The molecule has 6 nitrogen and oxygen atoms in total. The van der Waals surface area contributed by atoms with Gasteiger partial charge in [-0.25, -0.2) is 0 Å². The van der Waals surface area contributed by atoms with Crippen LogP contribution in [0.4, 0.5) is 0 Å². The Kier molecular flexibility index (Phi) is 3.75. The molecule has 1 aromatic carbocycles. The second kappa shape index (κ2) is 5.26. The number of Topliss-reactive ketones (excluding diaryl/α,β-unsaturated/α-hetero) is 2. The van der Waals surface area contributed by atoms with Crippen LogP contribution in [0.5, 0.6) is 0 Å². The normalized spacial score (nSPS) is 8.50. The molecule has 0 aliphatic rings. The summed E-state index contributed by atoms with van der Waals surface area (Å²) in [6, 6.07) is 5.81. The lowest BCUT2D eigenvalue weighted by atomic mass is 10.1. The minimum atomic E-state index is -0.400. The number of rotatable bonds is 4. The first kappa shape index (κ1) is 11.4. The Bertz CT molecular complexity index is 471. The lowest BCUT2D eigenvalue weighted by Crippen LogP contribution is -2.04. The lowest BCUT2D eigenvalue weighted by Gasteiger charge is -1.93. The molecule has 0 atom stereocenters. The highest BCUT2D eigenvalue weighted by atomic mass is 16.1. The molecule has 2 N–H and O–H groups in total. The molecule has 0 fully saturated rings. The number of benzene rings is 1. The maximum atomic E-state index is 11.2. The van der Waals surface area contributed by atoms with Gasteiger partial charge in [-0.2, -0.15) is 0 Å². The molecule has 16 heavy (non-hydrogen) atoms. The van der Waals surface area contributed by atoms with Gasteiger partial charge in [0.25, 0.3) is 11.6 Å². The predicted octanol–water partition coefficient (Wildman–Crippen LogP) is 0.672. The zero-order valence-corrected chi connectivity index (χ0v) is 8.18. The molecule has 0 aliphatic heterocycles. The Labute approximate surface area is 90.4 Å². The molecule has 0 radical (unpaired) electrons. The smallest absolute Gasteiger partial charge is 0.281 e. The Morgan fingerprint density at radius 2 is 1.19 bits per heavy atom. The van der Waals surface area contributed by atoms with Gasteiger partial charge in [-0.15, -0.1) is 0 Å². The highest BCUT2D eigenvalue weighted by Gasteiger charge is 2.11. The molecule has 0 amide bonds. The first-order valence-electron chi connectivity index (χ1n) is 4.27. The minimum Gasteiger partial charge on any atom is -0.281 e. The quantitative estimate of drug-likeness (QED) is 0.333. The first-order chi connectivity index (χ1) is 7.69. The van der Waals surface area contributed by atoms with Crippen LogP contribution >= 0.6 is 0 Å². The summed E-state index contributed by atoms with van der Waals surface area (Å²) in [7, 11) is 0. The predicted molar refractivity (Wildman–Crippen MR) is 53.2 cm³/mol.